The number of carboxylic acids is 1. The molecule has 1 fully saturated rings. The molecule has 4 aromatic rings. The van der Waals surface area contributed by atoms with Crippen LogP contribution in [-0.2, 0) is 32.3 Å². The third-order valence-corrected chi connectivity index (χ3v) is 11.4. The van der Waals surface area contributed by atoms with Crippen molar-refractivity contribution in [3.05, 3.63) is 90.5 Å². The molecule has 0 radical (unpaired) electrons. The highest BCUT2D eigenvalue weighted by atomic mass is 35.5. The van der Waals surface area contributed by atoms with E-state index in [0.29, 0.717) is 46.1 Å². The van der Waals surface area contributed by atoms with Gasteiger partial charge in [-0.3, -0.25) is 9.59 Å². The van der Waals surface area contributed by atoms with E-state index in [1.165, 1.54) is 11.3 Å². The highest BCUT2D eigenvalue weighted by Gasteiger charge is 2.21. The third kappa shape index (κ3) is 11.9. The summed E-state index contributed by atoms with van der Waals surface area (Å²) < 4.78 is 22.8. The quantitative estimate of drug-likeness (QED) is 0.160. The number of thiophene rings is 2. The molecule has 5 rings (SSSR count). The molecule has 0 aliphatic carbocycles. The number of aliphatic carboxylic acids is 1. The number of hydrogen-bond acceptors (Lipinski definition) is 7. The van der Waals surface area contributed by atoms with Crippen molar-refractivity contribution in [2.75, 3.05) is 37.7 Å². The van der Waals surface area contributed by atoms with Gasteiger partial charge in [0, 0.05) is 59.2 Å². The minimum atomic E-state index is -2.84. The Morgan fingerprint density at radius 1 is 0.756 bits per heavy atom. The summed E-state index contributed by atoms with van der Waals surface area (Å²) >= 11 is 26.9. The summed E-state index contributed by atoms with van der Waals surface area (Å²) in [6, 6.07) is 18.3. The lowest BCUT2D eigenvalue weighted by molar-refractivity contribution is -0.136. The predicted molar refractivity (Wildman–Crippen MR) is 187 cm³/mol. The van der Waals surface area contributed by atoms with Gasteiger partial charge in [0.15, 0.2) is 9.84 Å². The first-order chi connectivity index (χ1) is 21.3. The Labute approximate surface area is 290 Å². The van der Waals surface area contributed by atoms with Crippen LogP contribution in [0.5, 0.6) is 0 Å². The number of nitrogens with zero attached hydrogens (tertiary/aromatic N) is 1. The minimum absolute atomic E-state index is 0.0150. The molecule has 0 unspecified atom stereocenters. The van der Waals surface area contributed by atoms with Crippen molar-refractivity contribution in [3.8, 4) is 20.9 Å². The molecule has 0 bridgehead atoms. The van der Waals surface area contributed by atoms with Crippen LogP contribution in [0.2, 0.25) is 20.1 Å². The zero-order chi connectivity index (χ0) is 32.6. The standard InChI is InChI=1S/C19H22Cl2N2O3S2.C12H8Cl2O2S/c20-15-10-14(11-16(21)12-15)18-3-2-17(27-18)13-19(24)22-4-1-5-23-6-8-28(25,26)9-7-23;13-8-3-7(4-9(14)5-8)11-2-1-10(17-11)6-12(15)16/h2-3,10-12H,1,4-9,13H2,(H,22,24);1-5H,6H2,(H,15,16). The molecule has 0 spiro atoms. The summed E-state index contributed by atoms with van der Waals surface area (Å²) in [5.74, 6) is -0.378. The van der Waals surface area contributed by atoms with Crippen molar-refractivity contribution in [3.63, 3.8) is 0 Å². The number of sulfone groups is 1. The van der Waals surface area contributed by atoms with Crippen LogP contribution in [0.25, 0.3) is 20.9 Å². The molecule has 7 nitrogen and oxygen atoms in total. The number of amides is 1. The van der Waals surface area contributed by atoms with Crippen LogP contribution in [0.3, 0.4) is 0 Å². The lowest BCUT2D eigenvalue weighted by Crippen LogP contribution is -2.41. The van der Waals surface area contributed by atoms with E-state index in [-0.39, 0.29) is 23.8 Å². The van der Waals surface area contributed by atoms with E-state index < -0.39 is 15.8 Å². The van der Waals surface area contributed by atoms with Crippen molar-refractivity contribution < 1.29 is 23.1 Å². The second-order valence-corrected chi connectivity index (χ2v) is 16.7. The van der Waals surface area contributed by atoms with Crippen LogP contribution in [0.1, 0.15) is 16.2 Å². The zero-order valence-electron chi connectivity index (χ0n) is 23.9. The van der Waals surface area contributed by atoms with Crippen molar-refractivity contribution >= 4 is 90.8 Å². The summed E-state index contributed by atoms with van der Waals surface area (Å²) in [5.41, 5.74) is 1.85. The number of carbonyl (C=O) groups excluding carboxylic acids is 1. The van der Waals surface area contributed by atoms with Gasteiger partial charge in [-0.25, -0.2) is 8.42 Å². The van der Waals surface area contributed by atoms with E-state index in [9.17, 15) is 18.0 Å². The Balaban J connectivity index is 0.000000231. The van der Waals surface area contributed by atoms with E-state index in [1.807, 2.05) is 48.5 Å². The number of nitrogens with one attached hydrogen (secondary N) is 1. The van der Waals surface area contributed by atoms with Gasteiger partial charge in [-0.2, -0.15) is 0 Å². The van der Waals surface area contributed by atoms with Gasteiger partial charge in [-0.1, -0.05) is 46.4 Å². The molecule has 3 heterocycles. The SMILES string of the molecule is O=C(Cc1ccc(-c2cc(Cl)cc(Cl)c2)s1)NCCCN1CCS(=O)(=O)CC1.O=C(O)Cc1ccc(-c2cc(Cl)cc(Cl)c2)s1. The number of halogens is 4. The molecule has 14 heteroatoms. The molecule has 45 heavy (non-hydrogen) atoms. The van der Waals surface area contributed by atoms with Crippen molar-refractivity contribution in [2.24, 2.45) is 0 Å². The number of rotatable bonds is 10. The van der Waals surface area contributed by atoms with Gasteiger partial charge in [-0.15, -0.1) is 22.7 Å². The molecule has 0 atom stereocenters. The van der Waals surface area contributed by atoms with E-state index in [4.69, 9.17) is 51.5 Å². The zero-order valence-corrected chi connectivity index (χ0v) is 29.4. The number of hydrogen-bond donors (Lipinski definition) is 2. The first kappa shape index (κ1) is 35.7. The van der Waals surface area contributed by atoms with Gasteiger partial charge in [-0.05, 0) is 84.8 Å². The summed E-state index contributed by atoms with van der Waals surface area (Å²) in [5, 5.41) is 13.9. The summed E-state index contributed by atoms with van der Waals surface area (Å²) in [6.45, 7) is 2.56. The third-order valence-electron chi connectivity index (χ3n) is 6.69. The lowest BCUT2D eigenvalue weighted by atomic mass is 10.2. The molecule has 2 N–H and O–H groups in total. The fraction of sp³-hybridized carbons (Fsp3) is 0.290. The van der Waals surface area contributed by atoms with Gasteiger partial charge in [0.25, 0.3) is 0 Å². The topological polar surface area (TPSA) is 104 Å². The maximum Gasteiger partial charge on any atom is 0.308 e. The first-order valence-corrected chi connectivity index (χ1v) is 18.8. The normalized spacial score (nSPS) is 14.4. The molecule has 2 aromatic carbocycles. The molecule has 1 saturated heterocycles. The molecule has 1 amide bonds. The van der Waals surface area contributed by atoms with Crippen LogP contribution in [0.4, 0.5) is 0 Å². The average molecular weight is 749 g/mol. The van der Waals surface area contributed by atoms with Gasteiger partial charge in [0.1, 0.15) is 0 Å². The van der Waals surface area contributed by atoms with Crippen molar-refractivity contribution in [2.45, 2.75) is 19.3 Å². The molecule has 1 aliphatic heterocycles. The molecule has 1 aliphatic rings. The van der Waals surface area contributed by atoms with Crippen LogP contribution in [-0.4, -0.2) is 68.0 Å². The van der Waals surface area contributed by atoms with Crippen LogP contribution in [0.15, 0.2) is 60.7 Å². The van der Waals surface area contributed by atoms with Crippen LogP contribution >= 0.6 is 69.1 Å². The second-order valence-electron chi connectivity index (χ2n) is 10.3. The first-order valence-electron chi connectivity index (χ1n) is 13.9. The smallest absolute Gasteiger partial charge is 0.308 e. The van der Waals surface area contributed by atoms with E-state index in [2.05, 4.69) is 10.2 Å². The van der Waals surface area contributed by atoms with Crippen LogP contribution < -0.4 is 5.32 Å². The fourth-order valence-corrected chi connectivity index (χ4v) is 8.83. The molecule has 240 valence electrons. The van der Waals surface area contributed by atoms with Gasteiger partial charge in [0.2, 0.25) is 5.91 Å². The average Bonchev–Trinajstić information content (AvgIpc) is 3.61. The maximum atomic E-state index is 12.2. The van der Waals surface area contributed by atoms with E-state index in [0.717, 1.165) is 43.6 Å². The monoisotopic (exact) mass is 746 g/mol. The maximum absolute atomic E-state index is 12.2. The largest absolute Gasteiger partial charge is 0.481 e. The van der Waals surface area contributed by atoms with E-state index in [1.54, 1.807) is 23.5 Å². The molecule has 2 aromatic heterocycles. The highest BCUT2D eigenvalue weighted by Crippen LogP contribution is 2.33. The van der Waals surface area contributed by atoms with Gasteiger partial charge < -0.3 is 15.3 Å². The Morgan fingerprint density at radius 2 is 1.22 bits per heavy atom. The van der Waals surface area contributed by atoms with Crippen molar-refractivity contribution in [1.82, 2.24) is 10.2 Å². The summed E-state index contributed by atoms with van der Waals surface area (Å²) in [6.07, 6.45) is 1.18. The number of carbonyl (C=O) groups is 2. The number of carboxylic acid groups (broad SMARTS) is 1. The second kappa shape index (κ2) is 16.6. The lowest BCUT2D eigenvalue weighted by Gasteiger charge is -2.26. The fourth-order valence-electron chi connectivity index (χ4n) is 4.52. The van der Waals surface area contributed by atoms with Gasteiger partial charge >= 0.3 is 5.97 Å². The van der Waals surface area contributed by atoms with Crippen molar-refractivity contribution in [1.29, 1.82) is 0 Å². The Morgan fingerprint density at radius 3 is 1.69 bits per heavy atom. The molecular formula is C31H30Cl4N2O5S3. The Bertz CT molecular complexity index is 1700. The highest BCUT2D eigenvalue weighted by molar-refractivity contribution is 7.91. The molecule has 0 saturated carbocycles. The van der Waals surface area contributed by atoms with E-state index >= 15 is 0 Å². The Hall–Kier alpha value is -2.15. The number of benzene rings is 2. The summed E-state index contributed by atoms with van der Waals surface area (Å²) in [4.78, 5) is 28.7. The predicted octanol–water partition coefficient (Wildman–Crippen LogP) is 7.85. The van der Waals surface area contributed by atoms with Gasteiger partial charge in [0.05, 0.1) is 24.3 Å². The Kier molecular flexibility index (Phi) is 13.2. The minimum Gasteiger partial charge on any atom is -0.481 e. The molecular weight excluding hydrogens is 718 g/mol. The summed E-state index contributed by atoms with van der Waals surface area (Å²) in [7, 11) is -2.84. The van der Waals surface area contributed by atoms with Crippen LogP contribution in [0, 0.1) is 0 Å².